The van der Waals surface area contributed by atoms with E-state index in [-0.39, 0.29) is 6.04 Å². The van der Waals surface area contributed by atoms with E-state index >= 15 is 0 Å². The second-order valence-electron chi connectivity index (χ2n) is 5.55. The Morgan fingerprint density at radius 1 is 1.09 bits per heavy atom. The number of aliphatic imine (C=N–C) groups is 1. The molecule has 4 rings (SSSR count). The first-order valence-electron chi connectivity index (χ1n) is 7.16. The second-order valence-corrected chi connectivity index (χ2v) is 7.38. The summed E-state index contributed by atoms with van der Waals surface area (Å²) < 4.78 is 10.0. The minimum Gasteiger partial charge on any atom is -0.479 e. The SMILES string of the molecule is CC1=NC(Cn2c3ccc(Br)cc3c3cc(Br)ccc32)CO1. The minimum atomic E-state index is 0.186. The number of rotatable bonds is 2. The number of nitrogens with zero attached hydrogens (tertiary/aromatic N) is 2. The van der Waals surface area contributed by atoms with E-state index in [1.165, 1.54) is 21.8 Å². The molecular weight excluding hydrogens is 408 g/mol. The molecular formula is C17H14Br2N2O. The van der Waals surface area contributed by atoms with Gasteiger partial charge in [-0.3, -0.25) is 0 Å². The van der Waals surface area contributed by atoms with Crippen LogP contribution in [-0.2, 0) is 11.3 Å². The van der Waals surface area contributed by atoms with Crippen LogP contribution in [0.3, 0.4) is 0 Å². The Labute approximate surface area is 145 Å². The summed E-state index contributed by atoms with van der Waals surface area (Å²) in [4.78, 5) is 4.57. The van der Waals surface area contributed by atoms with Gasteiger partial charge in [0.1, 0.15) is 12.6 Å². The predicted molar refractivity (Wildman–Crippen MR) is 97.7 cm³/mol. The van der Waals surface area contributed by atoms with Crippen molar-refractivity contribution in [2.24, 2.45) is 4.99 Å². The van der Waals surface area contributed by atoms with Gasteiger partial charge in [0.05, 0.1) is 0 Å². The van der Waals surface area contributed by atoms with Crippen molar-refractivity contribution in [1.29, 1.82) is 0 Å². The molecule has 0 saturated heterocycles. The zero-order chi connectivity index (χ0) is 15.3. The summed E-state index contributed by atoms with van der Waals surface area (Å²) in [5, 5.41) is 2.51. The molecule has 1 aliphatic rings. The average Bonchev–Trinajstić information content (AvgIpc) is 3.02. The van der Waals surface area contributed by atoms with E-state index in [1.807, 2.05) is 6.92 Å². The van der Waals surface area contributed by atoms with Gasteiger partial charge in [-0.25, -0.2) is 4.99 Å². The number of halogens is 2. The van der Waals surface area contributed by atoms with Gasteiger partial charge in [-0.15, -0.1) is 0 Å². The molecule has 22 heavy (non-hydrogen) atoms. The van der Waals surface area contributed by atoms with Crippen LogP contribution in [0.1, 0.15) is 6.92 Å². The first kappa shape index (κ1) is 14.3. The Kier molecular flexibility index (Phi) is 3.50. The quantitative estimate of drug-likeness (QED) is 0.562. The molecule has 2 heterocycles. The highest BCUT2D eigenvalue weighted by molar-refractivity contribution is 9.10. The number of hydrogen-bond acceptors (Lipinski definition) is 2. The van der Waals surface area contributed by atoms with Crippen LogP contribution >= 0.6 is 31.9 Å². The molecule has 0 aliphatic carbocycles. The molecule has 2 aromatic carbocycles. The first-order chi connectivity index (χ1) is 10.6. The summed E-state index contributed by atoms with van der Waals surface area (Å²) in [7, 11) is 0. The highest BCUT2D eigenvalue weighted by atomic mass is 79.9. The number of benzene rings is 2. The van der Waals surface area contributed by atoms with Crippen LogP contribution in [0.25, 0.3) is 21.8 Å². The highest BCUT2D eigenvalue weighted by Crippen LogP contribution is 2.33. The summed E-state index contributed by atoms with van der Waals surface area (Å²) in [5.41, 5.74) is 2.46. The highest BCUT2D eigenvalue weighted by Gasteiger charge is 2.19. The van der Waals surface area contributed by atoms with Crippen molar-refractivity contribution in [1.82, 2.24) is 4.57 Å². The molecule has 0 saturated carbocycles. The largest absolute Gasteiger partial charge is 0.479 e. The third-order valence-corrected chi connectivity index (χ3v) is 5.02. The van der Waals surface area contributed by atoms with Crippen LogP contribution in [0.5, 0.6) is 0 Å². The van der Waals surface area contributed by atoms with Gasteiger partial charge in [0.2, 0.25) is 0 Å². The molecule has 3 nitrogen and oxygen atoms in total. The summed E-state index contributed by atoms with van der Waals surface area (Å²) in [6.07, 6.45) is 0. The summed E-state index contributed by atoms with van der Waals surface area (Å²) >= 11 is 7.16. The summed E-state index contributed by atoms with van der Waals surface area (Å²) in [6, 6.07) is 13.1. The van der Waals surface area contributed by atoms with E-state index < -0.39 is 0 Å². The molecule has 1 atom stereocenters. The van der Waals surface area contributed by atoms with Gasteiger partial charge >= 0.3 is 0 Å². The Morgan fingerprint density at radius 3 is 2.18 bits per heavy atom. The minimum absolute atomic E-state index is 0.186. The fourth-order valence-electron chi connectivity index (χ4n) is 3.10. The Bertz CT molecular complexity index is 855. The van der Waals surface area contributed by atoms with Crippen molar-refractivity contribution in [3.63, 3.8) is 0 Å². The van der Waals surface area contributed by atoms with Crippen molar-refractivity contribution in [2.45, 2.75) is 19.5 Å². The Morgan fingerprint density at radius 2 is 1.68 bits per heavy atom. The maximum Gasteiger partial charge on any atom is 0.180 e. The van der Waals surface area contributed by atoms with E-state index in [2.05, 4.69) is 77.8 Å². The molecule has 0 bridgehead atoms. The van der Waals surface area contributed by atoms with Crippen LogP contribution in [0.15, 0.2) is 50.3 Å². The molecule has 112 valence electrons. The predicted octanol–water partition coefficient (Wildman–Crippen LogP) is 5.14. The third-order valence-electron chi connectivity index (χ3n) is 4.03. The lowest BCUT2D eigenvalue weighted by molar-refractivity contribution is 0.305. The van der Waals surface area contributed by atoms with Gasteiger partial charge in [0.25, 0.3) is 0 Å². The van der Waals surface area contributed by atoms with E-state index in [0.29, 0.717) is 6.61 Å². The molecule has 0 radical (unpaired) electrons. The van der Waals surface area contributed by atoms with Gasteiger partial charge in [-0.05, 0) is 36.4 Å². The summed E-state index contributed by atoms with van der Waals surface area (Å²) in [6.45, 7) is 3.42. The maximum absolute atomic E-state index is 5.50. The zero-order valence-electron chi connectivity index (χ0n) is 12.0. The van der Waals surface area contributed by atoms with E-state index in [9.17, 15) is 0 Å². The molecule has 1 aliphatic heterocycles. The van der Waals surface area contributed by atoms with Crippen molar-refractivity contribution in [3.05, 3.63) is 45.3 Å². The molecule has 0 amide bonds. The van der Waals surface area contributed by atoms with Crippen molar-refractivity contribution >= 4 is 59.6 Å². The van der Waals surface area contributed by atoms with E-state index in [4.69, 9.17) is 4.74 Å². The number of fused-ring (bicyclic) bond motifs is 3. The normalized spacial score (nSPS) is 18.0. The molecule has 3 aromatic rings. The van der Waals surface area contributed by atoms with Crippen molar-refractivity contribution in [3.8, 4) is 0 Å². The lowest BCUT2D eigenvalue weighted by atomic mass is 10.2. The number of hydrogen-bond donors (Lipinski definition) is 0. The van der Waals surface area contributed by atoms with Gasteiger partial charge in [-0.2, -0.15) is 0 Å². The Hall–Kier alpha value is -1.33. The van der Waals surface area contributed by atoms with Gasteiger partial charge in [0.15, 0.2) is 5.90 Å². The standard InChI is InChI=1S/C17H14Br2N2O/c1-10-20-13(9-22-10)8-21-16-4-2-11(18)6-14(16)15-7-12(19)3-5-17(15)21/h2-7,13H,8-9H2,1H3. The molecule has 0 N–H and O–H groups in total. The fraction of sp³-hybridized carbons (Fsp3) is 0.235. The maximum atomic E-state index is 5.50. The topological polar surface area (TPSA) is 26.5 Å². The van der Waals surface area contributed by atoms with E-state index in [1.54, 1.807) is 0 Å². The lowest BCUT2D eigenvalue weighted by Crippen LogP contribution is -2.15. The van der Waals surface area contributed by atoms with Crippen LogP contribution in [0.2, 0.25) is 0 Å². The fourth-order valence-corrected chi connectivity index (χ4v) is 3.82. The van der Waals surface area contributed by atoms with Gasteiger partial charge in [-0.1, -0.05) is 31.9 Å². The zero-order valence-corrected chi connectivity index (χ0v) is 15.2. The average molecular weight is 422 g/mol. The second kappa shape index (κ2) is 5.39. The summed E-state index contributed by atoms with van der Waals surface area (Å²) in [5.74, 6) is 0.788. The van der Waals surface area contributed by atoms with Crippen molar-refractivity contribution in [2.75, 3.05) is 6.61 Å². The number of aromatic nitrogens is 1. The molecule has 0 fully saturated rings. The first-order valence-corrected chi connectivity index (χ1v) is 8.74. The molecule has 0 spiro atoms. The van der Waals surface area contributed by atoms with Gasteiger partial charge in [0, 0.05) is 44.2 Å². The molecule has 5 heteroatoms. The van der Waals surface area contributed by atoms with E-state index in [0.717, 1.165) is 21.4 Å². The smallest absolute Gasteiger partial charge is 0.180 e. The van der Waals surface area contributed by atoms with Crippen molar-refractivity contribution < 1.29 is 4.74 Å². The van der Waals surface area contributed by atoms with Gasteiger partial charge < -0.3 is 9.30 Å². The Balaban J connectivity index is 1.94. The molecule has 1 aromatic heterocycles. The van der Waals surface area contributed by atoms with Crippen LogP contribution < -0.4 is 0 Å². The van der Waals surface area contributed by atoms with Crippen LogP contribution in [0.4, 0.5) is 0 Å². The molecule has 1 unspecified atom stereocenters. The van der Waals surface area contributed by atoms with Crippen LogP contribution in [-0.4, -0.2) is 23.1 Å². The lowest BCUT2D eigenvalue weighted by Gasteiger charge is -2.10. The third kappa shape index (κ3) is 2.36. The number of ether oxygens (including phenoxy) is 1. The monoisotopic (exact) mass is 420 g/mol. The van der Waals surface area contributed by atoms with Crippen LogP contribution in [0, 0.1) is 0 Å².